The van der Waals surface area contributed by atoms with Gasteiger partial charge in [0, 0.05) is 11.1 Å². The van der Waals surface area contributed by atoms with Crippen LogP contribution >= 0.6 is 26.8 Å². The van der Waals surface area contributed by atoms with Gasteiger partial charge in [0.1, 0.15) is 0 Å². The molecule has 8 heavy (non-hydrogen) atoms. The molecule has 0 saturated carbocycles. The summed E-state index contributed by atoms with van der Waals surface area (Å²) < 4.78 is 26.0. The zero-order valence-corrected chi connectivity index (χ0v) is 8.91. The van der Waals surface area contributed by atoms with E-state index in [1.165, 1.54) is 0 Å². The second-order valence-corrected chi connectivity index (χ2v) is 3.41. The second kappa shape index (κ2) is 5.49. The van der Waals surface area contributed by atoms with E-state index in [1.54, 1.807) is 0 Å². The van der Waals surface area contributed by atoms with Gasteiger partial charge in [-0.3, -0.25) is 0 Å². The molecule has 0 unspecified atom stereocenters. The predicted octanol–water partition coefficient (Wildman–Crippen LogP) is -1.73. The van der Waals surface area contributed by atoms with Gasteiger partial charge in [-0.05, 0) is 0 Å². The minimum Gasteiger partial charge on any atom is -0.773 e. The molecule has 0 aliphatic carbocycles. The quantitative estimate of drug-likeness (QED) is 0.423. The molecular formula is C2H6BrNaO3S. The van der Waals surface area contributed by atoms with Crippen molar-refractivity contribution >= 4 is 26.8 Å². The first kappa shape index (κ1) is 12.4. The first-order chi connectivity index (χ1) is 3.06. The number of hydrogen-bond acceptors (Lipinski definition) is 3. The summed E-state index contributed by atoms with van der Waals surface area (Å²) >= 11 is 2.89. The van der Waals surface area contributed by atoms with Crippen molar-refractivity contribution in [3.8, 4) is 0 Å². The number of alkyl halides is 1. The Hall–Kier alpha value is 1.71. The van der Waals surface area contributed by atoms with Crippen LogP contribution in [0.1, 0.15) is 0 Å². The van der Waals surface area contributed by atoms with Gasteiger partial charge in [-0.2, -0.15) is 0 Å². The molecule has 0 aromatic heterocycles. The molecule has 0 fully saturated rings. The molecule has 0 aliphatic heterocycles. The van der Waals surface area contributed by atoms with Crippen molar-refractivity contribution in [1.29, 1.82) is 0 Å². The summed E-state index contributed by atoms with van der Waals surface area (Å²) in [7, 11) is -3.47. The monoisotopic (exact) mass is 212 g/mol. The molecule has 0 aromatic carbocycles. The number of rotatable bonds is 2. The molecule has 0 radical (unpaired) electrons. The fourth-order valence-electron chi connectivity index (χ4n) is 0.101. The molecule has 3 nitrogen and oxygen atoms in total. The Bertz CT molecular complexity index is 55.7. The topological polar surface area (TPSA) is 63.5 Å². The van der Waals surface area contributed by atoms with E-state index >= 15 is 0 Å². The predicted molar refractivity (Wildman–Crippen MR) is 32.3 cm³/mol. The summed E-state index contributed by atoms with van der Waals surface area (Å²) in [5.41, 5.74) is 0. The standard InChI is InChI=1S/C2H7BrO3S.Na/c3-1-2-7(4,5)6;/h4-6H,1-2H2;/q;+1/p-1. The third-order valence-corrected chi connectivity index (χ3v) is 2.00. The molecule has 0 spiro atoms. The Kier molecular flexibility index (Phi) is 8.51. The molecule has 0 bridgehead atoms. The molecule has 0 atom stereocenters. The summed E-state index contributed by atoms with van der Waals surface area (Å²) in [6.07, 6.45) is 0. The van der Waals surface area contributed by atoms with Crippen molar-refractivity contribution in [2.75, 3.05) is 11.1 Å². The SMILES string of the molecule is [Na+].[O-]S(O)(O)CCBr. The van der Waals surface area contributed by atoms with Gasteiger partial charge < -0.3 is 13.7 Å². The van der Waals surface area contributed by atoms with Crippen LogP contribution in [-0.4, -0.2) is 24.7 Å². The Morgan fingerprint density at radius 2 is 1.88 bits per heavy atom. The summed E-state index contributed by atoms with van der Waals surface area (Å²) in [4.78, 5) is 0. The van der Waals surface area contributed by atoms with E-state index in [9.17, 15) is 4.55 Å². The fraction of sp³-hybridized carbons (Fsp3) is 1.00. The first-order valence-corrected chi connectivity index (χ1v) is 4.35. The van der Waals surface area contributed by atoms with Gasteiger partial charge >= 0.3 is 29.6 Å². The van der Waals surface area contributed by atoms with Gasteiger partial charge in [0.2, 0.25) is 0 Å². The molecule has 0 aliphatic rings. The average Bonchev–Trinajstić information content (AvgIpc) is 1.30. The van der Waals surface area contributed by atoms with Crippen LogP contribution < -0.4 is 29.6 Å². The molecule has 0 heterocycles. The van der Waals surface area contributed by atoms with E-state index in [0.717, 1.165) is 0 Å². The molecule has 0 amide bonds. The fourth-order valence-corrected chi connectivity index (χ4v) is 1.57. The molecule has 0 saturated heterocycles. The van der Waals surface area contributed by atoms with Gasteiger partial charge in [-0.1, -0.05) is 15.9 Å². The van der Waals surface area contributed by atoms with Crippen LogP contribution in [0.2, 0.25) is 0 Å². The normalized spacial score (nSPS) is 12.5. The second-order valence-electron chi connectivity index (χ2n) is 1.000. The summed E-state index contributed by atoms with van der Waals surface area (Å²) in [6, 6.07) is 0. The van der Waals surface area contributed by atoms with E-state index in [1.807, 2.05) is 0 Å². The summed E-state index contributed by atoms with van der Waals surface area (Å²) in [6.45, 7) is 0. The number of hydrogen-bond donors (Lipinski definition) is 2. The van der Waals surface area contributed by atoms with Crippen LogP contribution in [0.3, 0.4) is 0 Å². The third kappa shape index (κ3) is 10.6. The summed E-state index contributed by atoms with van der Waals surface area (Å²) in [5.74, 6) is -0.104. The van der Waals surface area contributed by atoms with Gasteiger partial charge in [0.25, 0.3) is 0 Å². The largest absolute Gasteiger partial charge is 1.00 e. The molecular weight excluding hydrogens is 207 g/mol. The van der Waals surface area contributed by atoms with Crippen LogP contribution in [0.15, 0.2) is 0 Å². The van der Waals surface area contributed by atoms with Crippen LogP contribution in [0.25, 0.3) is 0 Å². The Morgan fingerprint density at radius 3 is 1.88 bits per heavy atom. The van der Waals surface area contributed by atoms with Gasteiger partial charge in [0.15, 0.2) is 0 Å². The van der Waals surface area contributed by atoms with Gasteiger partial charge in [-0.25, -0.2) is 0 Å². The molecule has 2 N–H and O–H groups in total. The third-order valence-electron chi connectivity index (χ3n) is 0.343. The Labute approximate surface area is 80.5 Å². The van der Waals surface area contributed by atoms with Crippen molar-refractivity contribution < 1.29 is 43.2 Å². The molecule has 6 heteroatoms. The maximum atomic E-state index is 9.87. The smallest absolute Gasteiger partial charge is 0.773 e. The molecule has 0 aromatic rings. The zero-order chi connectivity index (χ0) is 5.91. The van der Waals surface area contributed by atoms with E-state index in [2.05, 4.69) is 15.9 Å². The summed E-state index contributed by atoms with van der Waals surface area (Å²) in [5, 5.41) is 0.346. The minimum absolute atomic E-state index is 0. The van der Waals surface area contributed by atoms with E-state index < -0.39 is 10.9 Å². The Balaban J connectivity index is 0. The van der Waals surface area contributed by atoms with Crippen LogP contribution in [0.5, 0.6) is 0 Å². The number of halogens is 1. The van der Waals surface area contributed by atoms with E-state index in [0.29, 0.717) is 5.33 Å². The zero-order valence-electron chi connectivity index (χ0n) is 4.50. The van der Waals surface area contributed by atoms with Crippen molar-refractivity contribution in [2.45, 2.75) is 0 Å². The van der Waals surface area contributed by atoms with Crippen molar-refractivity contribution in [3.05, 3.63) is 0 Å². The molecule has 0 rings (SSSR count). The van der Waals surface area contributed by atoms with E-state index in [4.69, 9.17) is 9.11 Å². The van der Waals surface area contributed by atoms with Crippen molar-refractivity contribution in [1.82, 2.24) is 0 Å². The van der Waals surface area contributed by atoms with Crippen molar-refractivity contribution in [3.63, 3.8) is 0 Å². The maximum Gasteiger partial charge on any atom is 1.00 e. The molecule has 46 valence electrons. The van der Waals surface area contributed by atoms with Crippen LogP contribution in [-0.2, 0) is 0 Å². The van der Waals surface area contributed by atoms with Crippen molar-refractivity contribution in [2.24, 2.45) is 0 Å². The first-order valence-electron chi connectivity index (χ1n) is 1.59. The maximum absolute atomic E-state index is 9.87. The van der Waals surface area contributed by atoms with Gasteiger partial charge in [0.05, 0.1) is 0 Å². The van der Waals surface area contributed by atoms with Crippen LogP contribution in [0, 0.1) is 0 Å². The van der Waals surface area contributed by atoms with E-state index in [-0.39, 0.29) is 35.3 Å². The van der Waals surface area contributed by atoms with Crippen LogP contribution in [0.4, 0.5) is 0 Å². The minimum atomic E-state index is -3.47. The Morgan fingerprint density at radius 1 is 1.50 bits per heavy atom. The van der Waals surface area contributed by atoms with Gasteiger partial charge in [-0.15, -0.1) is 10.9 Å². The average molecular weight is 213 g/mol.